The first kappa shape index (κ1) is 16.9. The van der Waals surface area contributed by atoms with Crippen LogP contribution in [0.15, 0.2) is 46.3 Å². The molecule has 0 unspecified atom stereocenters. The van der Waals surface area contributed by atoms with E-state index < -0.39 is 9.96 Å². The Hall–Kier alpha value is -0.460. The van der Waals surface area contributed by atoms with Crippen LogP contribution in [0.1, 0.15) is 9.67 Å². The van der Waals surface area contributed by atoms with Crippen LogP contribution in [-0.2, 0) is 0 Å². The van der Waals surface area contributed by atoms with E-state index in [1.54, 1.807) is 17.5 Å². The van der Waals surface area contributed by atoms with Gasteiger partial charge in [0.25, 0.3) is 5.91 Å². The number of rotatable bonds is 4. The third-order valence-electron chi connectivity index (χ3n) is 2.50. The average Bonchev–Trinajstić information content (AvgIpc) is 2.93. The summed E-state index contributed by atoms with van der Waals surface area (Å²) in [6.45, 7) is 0. The minimum absolute atomic E-state index is 0.300. The first-order valence-corrected chi connectivity index (χ1v) is 8.60. The molecule has 112 valence electrons. The van der Waals surface area contributed by atoms with Crippen LogP contribution in [0.5, 0.6) is 0 Å². The van der Waals surface area contributed by atoms with Crippen molar-refractivity contribution in [3.63, 3.8) is 0 Å². The summed E-state index contributed by atoms with van der Waals surface area (Å²) in [5.74, 6) is -0.300. The highest BCUT2D eigenvalue weighted by atomic mass is 79.9. The van der Waals surface area contributed by atoms with E-state index in [4.69, 9.17) is 34.8 Å². The van der Waals surface area contributed by atoms with Crippen molar-refractivity contribution in [2.24, 2.45) is 0 Å². The van der Waals surface area contributed by atoms with E-state index in [0.717, 1.165) is 10.2 Å². The largest absolute Gasteiger partial charge is 0.362 e. The molecule has 0 radical (unpaired) electrons. The highest BCUT2D eigenvalue weighted by molar-refractivity contribution is 9.10. The third kappa shape index (κ3) is 5.04. The number of carbonyl (C=O) groups is 1. The predicted molar refractivity (Wildman–Crippen MR) is 93.6 cm³/mol. The number of benzene rings is 1. The molecule has 0 spiro atoms. The molecule has 21 heavy (non-hydrogen) atoms. The Balaban J connectivity index is 2.12. The molecule has 0 saturated carbocycles. The molecule has 2 rings (SSSR count). The summed E-state index contributed by atoms with van der Waals surface area (Å²) >= 11 is 22.5. The lowest BCUT2D eigenvalue weighted by Crippen LogP contribution is -2.48. The number of alkyl halides is 3. The zero-order valence-electron chi connectivity index (χ0n) is 10.4. The van der Waals surface area contributed by atoms with Gasteiger partial charge in [0.1, 0.15) is 6.17 Å². The van der Waals surface area contributed by atoms with Crippen LogP contribution in [0.4, 0.5) is 5.69 Å². The lowest BCUT2D eigenvalue weighted by molar-refractivity contribution is 0.0946. The maximum absolute atomic E-state index is 12.1. The van der Waals surface area contributed by atoms with E-state index in [-0.39, 0.29) is 5.91 Å². The van der Waals surface area contributed by atoms with Crippen molar-refractivity contribution in [1.29, 1.82) is 0 Å². The quantitative estimate of drug-likeness (QED) is 0.529. The van der Waals surface area contributed by atoms with Crippen LogP contribution in [0.3, 0.4) is 0 Å². The van der Waals surface area contributed by atoms with E-state index in [1.807, 2.05) is 24.3 Å². The fourth-order valence-electron chi connectivity index (χ4n) is 1.52. The number of anilines is 1. The van der Waals surface area contributed by atoms with Crippen LogP contribution < -0.4 is 10.6 Å². The second-order valence-corrected chi connectivity index (χ2v) is 8.31. The molecule has 3 nitrogen and oxygen atoms in total. The summed E-state index contributed by atoms with van der Waals surface area (Å²) in [4.78, 5) is 12.6. The molecule has 0 aliphatic rings. The van der Waals surface area contributed by atoms with E-state index in [9.17, 15) is 4.79 Å². The van der Waals surface area contributed by atoms with Crippen LogP contribution in [0.2, 0.25) is 0 Å². The van der Waals surface area contributed by atoms with E-state index in [1.165, 1.54) is 11.3 Å². The Morgan fingerprint density at radius 2 is 1.86 bits per heavy atom. The molecule has 0 aliphatic carbocycles. The van der Waals surface area contributed by atoms with Crippen molar-refractivity contribution >= 4 is 73.7 Å². The summed E-state index contributed by atoms with van der Waals surface area (Å²) in [5, 5.41) is 7.48. The smallest absolute Gasteiger partial charge is 0.263 e. The number of hydrogen-bond acceptors (Lipinski definition) is 3. The summed E-state index contributed by atoms with van der Waals surface area (Å²) in [6.07, 6.45) is -0.863. The fourth-order valence-corrected chi connectivity index (χ4v) is 2.74. The number of carbonyl (C=O) groups excluding carboxylic acids is 1. The minimum Gasteiger partial charge on any atom is -0.362 e. The highest BCUT2D eigenvalue weighted by Gasteiger charge is 2.34. The van der Waals surface area contributed by atoms with Crippen molar-refractivity contribution < 1.29 is 4.79 Å². The Labute approximate surface area is 149 Å². The molecule has 2 N–H and O–H groups in total. The molecule has 2 aromatic rings. The zero-order valence-corrected chi connectivity index (χ0v) is 15.1. The molecular weight excluding hydrogens is 418 g/mol. The van der Waals surface area contributed by atoms with Crippen molar-refractivity contribution in [1.82, 2.24) is 5.32 Å². The molecule has 8 heteroatoms. The number of nitrogens with one attached hydrogen (secondary N) is 2. The molecule has 0 saturated heterocycles. The number of hydrogen-bond donors (Lipinski definition) is 2. The van der Waals surface area contributed by atoms with Crippen LogP contribution in [0, 0.1) is 0 Å². The maximum atomic E-state index is 12.1. The van der Waals surface area contributed by atoms with Gasteiger partial charge in [-0.2, -0.15) is 0 Å². The topological polar surface area (TPSA) is 41.1 Å². The first-order valence-electron chi connectivity index (χ1n) is 5.79. The summed E-state index contributed by atoms with van der Waals surface area (Å²) in [7, 11) is 0. The van der Waals surface area contributed by atoms with Gasteiger partial charge >= 0.3 is 0 Å². The number of halogens is 4. The summed E-state index contributed by atoms with van der Waals surface area (Å²) < 4.78 is -0.763. The minimum atomic E-state index is -1.69. The Morgan fingerprint density at radius 3 is 2.38 bits per heavy atom. The van der Waals surface area contributed by atoms with Crippen molar-refractivity contribution in [3.8, 4) is 0 Å². The van der Waals surface area contributed by atoms with Gasteiger partial charge in [-0.1, -0.05) is 56.8 Å². The highest BCUT2D eigenvalue weighted by Crippen LogP contribution is 2.31. The summed E-state index contributed by atoms with van der Waals surface area (Å²) in [6, 6.07) is 10.8. The van der Waals surface area contributed by atoms with Gasteiger partial charge in [0, 0.05) is 10.2 Å². The van der Waals surface area contributed by atoms with Gasteiger partial charge in [0.2, 0.25) is 3.79 Å². The Morgan fingerprint density at radius 1 is 1.19 bits per heavy atom. The lowest BCUT2D eigenvalue weighted by Gasteiger charge is -2.27. The average molecular weight is 429 g/mol. The molecule has 0 aliphatic heterocycles. The van der Waals surface area contributed by atoms with Gasteiger partial charge in [-0.05, 0) is 35.7 Å². The van der Waals surface area contributed by atoms with E-state index in [0.29, 0.717) is 4.88 Å². The van der Waals surface area contributed by atoms with E-state index >= 15 is 0 Å². The molecule has 1 aromatic heterocycles. The van der Waals surface area contributed by atoms with Crippen LogP contribution in [-0.4, -0.2) is 15.9 Å². The molecular formula is C13H10BrCl3N2OS. The SMILES string of the molecule is O=C(N[C@H](Nc1ccc(Br)cc1)C(Cl)(Cl)Cl)c1cccs1. The third-order valence-corrected chi connectivity index (χ3v) is 4.55. The number of amides is 1. The normalized spacial score (nSPS) is 12.8. The Kier molecular flexibility index (Phi) is 5.80. The van der Waals surface area contributed by atoms with Crippen molar-refractivity contribution in [3.05, 3.63) is 51.1 Å². The Bertz CT molecular complexity index is 599. The van der Waals surface area contributed by atoms with Crippen molar-refractivity contribution in [2.75, 3.05) is 5.32 Å². The molecule has 1 aromatic carbocycles. The second kappa shape index (κ2) is 7.20. The maximum Gasteiger partial charge on any atom is 0.263 e. The van der Waals surface area contributed by atoms with Gasteiger partial charge < -0.3 is 10.6 Å². The molecule has 1 atom stereocenters. The molecule has 1 heterocycles. The molecule has 0 bridgehead atoms. The summed E-state index contributed by atoms with van der Waals surface area (Å²) in [5.41, 5.74) is 0.723. The molecule has 1 amide bonds. The standard InChI is InChI=1S/C13H10BrCl3N2OS/c14-8-3-5-9(6-4-8)18-12(13(15,16)17)19-11(20)10-2-1-7-21-10/h1-7,12,18H,(H,19,20)/t12-/m0/s1. The van der Waals surface area contributed by atoms with Gasteiger partial charge in [0.15, 0.2) is 0 Å². The lowest BCUT2D eigenvalue weighted by atomic mass is 10.3. The fraction of sp³-hybridized carbons (Fsp3) is 0.154. The predicted octanol–water partition coefficient (Wildman–Crippen LogP) is 5.05. The number of thiophene rings is 1. The van der Waals surface area contributed by atoms with Crippen LogP contribution in [0.25, 0.3) is 0 Å². The molecule has 0 fully saturated rings. The zero-order chi connectivity index (χ0) is 15.5. The van der Waals surface area contributed by atoms with Crippen LogP contribution >= 0.6 is 62.1 Å². The van der Waals surface area contributed by atoms with Crippen molar-refractivity contribution in [2.45, 2.75) is 9.96 Å². The van der Waals surface area contributed by atoms with Gasteiger partial charge in [0.05, 0.1) is 4.88 Å². The second-order valence-electron chi connectivity index (χ2n) is 4.08. The van der Waals surface area contributed by atoms with Gasteiger partial charge in [-0.15, -0.1) is 11.3 Å². The van der Waals surface area contributed by atoms with Gasteiger partial charge in [-0.3, -0.25) is 4.79 Å². The van der Waals surface area contributed by atoms with Gasteiger partial charge in [-0.25, -0.2) is 0 Å². The van der Waals surface area contributed by atoms with E-state index in [2.05, 4.69) is 26.6 Å². The first-order chi connectivity index (χ1) is 9.86. The monoisotopic (exact) mass is 426 g/mol.